The van der Waals surface area contributed by atoms with Crippen molar-refractivity contribution < 1.29 is 9.18 Å². The Bertz CT molecular complexity index is 520. The van der Waals surface area contributed by atoms with Crippen LogP contribution in [-0.2, 0) is 11.3 Å². The number of halogens is 1. The minimum Gasteiger partial charge on any atom is -0.357 e. The van der Waals surface area contributed by atoms with Gasteiger partial charge in [0.25, 0.3) is 0 Å². The van der Waals surface area contributed by atoms with Gasteiger partial charge in [0.2, 0.25) is 5.91 Å². The fourth-order valence-corrected chi connectivity index (χ4v) is 1.72. The van der Waals surface area contributed by atoms with Crippen LogP contribution in [0.5, 0.6) is 0 Å². The molecule has 128 valence electrons. The van der Waals surface area contributed by atoms with Crippen molar-refractivity contribution in [2.75, 3.05) is 19.6 Å². The average molecular weight is 322 g/mol. The van der Waals surface area contributed by atoms with Gasteiger partial charge in [-0.15, -0.1) is 0 Å². The zero-order valence-electron chi connectivity index (χ0n) is 14.4. The summed E-state index contributed by atoms with van der Waals surface area (Å²) in [4.78, 5) is 16.2. The number of rotatable bonds is 6. The van der Waals surface area contributed by atoms with Crippen LogP contribution < -0.4 is 16.0 Å². The summed E-state index contributed by atoms with van der Waals surface area (Å²) in [5.74, 6) is 0.437. The molecule has 0 aromatic heterocycles. The number of nitrogens with one attached hydrogen (secondary N) is 3. The highest BCUT2D eigenvalue weighted by Gasteiger charge is 2.20. The van der Waals surface area contributed by atoms with E-state index in [2.05, 4.69) is 20.9 Å². The molecule has 0 aliphatic carbocycles. The van der Waals surface area contributed by atoms with E-state index in [-0.39, 0.29) is 17.1 Å². The van der Waals surface area contributed by atoms with E-state index in [1.54, 1.807) is 12.1 Å². The summed E-state index contributed by atoms with van der Waals surface area (Å²) in [6.07, 6.45) is 0. The van der Waals surface area contributed by atoms with Gasteiger partial charge in [-0.2, -0.15) is 0 Å². The lowest BCUT2D eigenvalue weighted by molar-refractivity contribution is -0.128. The van der Waals surface area contributed by atoms with Crippen LogP contribution >= 0.6 is 0 Å². The van der Waals surface area contributed by atoms with Crippen molar-refractivity contribution in [2.45, 2.75) is 34.2 Å². The number of aliphatic imine (C=N–C) groups is 1. The minimum atomic E-state index is -0.388. The Kier molecular flexibility index (Phi) is 7.51. The second kappa shape index (κ2) is 9.12. The normalized spacial score (nSPS) is 12.0. The van der Waals surface area contributed by atoms with Gasteiger partial charge in [-0.1, -0.05) is 32.9 Å². The molecule has 0 aliphatic rings. The molecule has 0 bridgehead atoms. The van der Waals surface area contributed by atoms with Crippen LogP contribution in [0, 0.1) is 11.2 Å². The smallest absolute Gasteiger partial charge is 0.225 e. The Labute approximate surface area is 137 Å². The molecule has 0 saturated carbocycles. The monoisotopic (exact) mass is 322 g/mol. The van der Waals surface area contributed by atoms with E-state index in [0.717, 1.165) is 12.1 Å². The molecule has 1 amide bonds. The van der Waals surface area contributed by atoms with Crippen molar-refractivity contribution in [3.8, 4) is 0 Å². The fraction of sp³-hybridized carbons (Fsp3) is 0.529. The van der Waals surface area contributed by atoms with Gasteiger partial charge in [-0.25, -0.2) is 9.38 Å². The highest BCUT2D eigenvalue weighted by atomic mass is 19.1. The summed E-state index contributed by atoms with van der Waals surface area (Å²) < 4.78 is 12.9. The number of nitrogens with zero attached hydrogens (tertiary/aromatic N) is 1. The first-order valence-corrected chi connectivity index (χ1v) is 7.88. The highest BCUT2D eigenvalue weighted by Crippen LogP contribution is 2.11. The van der Waals surface area contributed by atoms with Gasteiger partial charge in [-0.05, 0) is 24.6 Å². The van der Waals surface area contributed by atoms with Gasteiger partial charge in [-0.3, -0.25) is 4.79 Å². The number of benzene rings is 1. The standard InChI is InChI=1S/C17H27FN4O/c1-5-19-16(21-11-10-20-15(23)17(2,3)4)22-12-13-6-8-14(18)9-7-13/h6-9H,5,10-12H2,1-4H3,(H,20,23)(H2,19,21,22). The SMILES string of the molecule is CCNC(=NCc1ccc(F)cc1)NCCNC(=O)C(C)(C)C. The molecule has 0 fully saturated rings. The second-order valence-corrected chi connectivity index (χ2v) is 6.25. The Morgan fingerprint density at radius 2 is 1.70 bits per heavy atom. The molecule has 6 heteroatoms. The highest BCUT2D eigenvalue weighted by molar-refractivity contribution is 5.81. The number of hydrogen-bond donors (Lipinski definition) is 3. The van der Waals surface area contributed by atoms with E-state index in [0.29, 0.717) is 25.6 Å². The van der Waals surface area contributed by atoms with Crippen molar-refractivity contribution in [2.24, 2.45) is 10.4 Å². The summed E-state index contributed by atoms with van der Waals surface area (Å²) in [5, 5.41) is 9.17. The second-order valence-electron chi connectivity index (χ2n) is 6.25. The first-order valence-electron chi connectivity index (χ1n) is 7.88. The quantitative estimate of drug-likeness (QED) is 0.427. The molecule has 0 spiro atoms. The van der Waals surface area contributed by atoms with Gasteiger partial charge in [0.05, 0.1) is 6.54 Å². The molecule has 1 rings (SSSR count). The molecule has 3 N–H and O–H groups in total. The molecular weight excluding hydrogens is 295 g/mol. The molecule has 0 radical (unpaired) electrons. The van der Waals surface area contributed by atoms with E-state index < -0.39 is 0 Å². The van der Waals surface area contributed by atoms with Crippen LogP contribution in [-0.4, -0.2) is 31.5 Å². The molecule has 0 aliphatic heterocycles. The first-order chi connectivity index (χ1) is 10.8. The molecule has 0 saturated heterocycles. The Balaban J connectivity index is 2.43. The van der Waals surface area contributed by atoms with Gasteiger partial charge >= 0.3 is 0 Å². The molecule has 0 atom stereocenters. The van der Waals surface area contributed by atoms with Gasteiger partial charge in [0, 0.05) is 25.0 Å². The average Bonchev–Trinajstić information content (AvgIpc) is 2.49. The molecule has 0 unspecified atom stereocenters. The van der Waals surface area contributed by atoms with Crippen molar-refractivity contribution in [1.82, 2.24) is 16.0 Å². The molecule has 0 heterocycles. The van der Waals surface area contributed by atoms with Crippen molar-refractivity contribution in [3.63, 3.8) is 0 Å². The lowest BCUT2D eigenvalue weighted by atomic mass is 9.96. The maximum Gasteiger partial charge on any atom is 0.225 e. The number of amides is 1. The third-order valence-corrected chi connectivity index (χ3v) is 3.06. The van der Waals surface area contributed by atoms with Gasteiger partial charge < -0.3 is 16.0 Å². The topological polar surface area (TPSA) is 65.5 Å². The van der Waals surface area contributed by atoms with Crippen LogP contribution in [0.1, 0.15) is 33.3 Å². The molecular formula is C17H27FN4O. The van der Waals surface area contributed by atoms with E-state index in [4.69, 9.17) is 0 Å². The van der Waals surface area contributed by atoms with Crippen LogP contribution in [0.15, 0.2) is 29.3 Å². The number of guanidine groups is 1. The van der Waals surface area contributed by atoms with Gasteiger partial charge in [0.1, 0.15) is 5.82 Å². The predicted octanol–water partition coefficient (Wildman–Crippen LogP) is 2.04. The van der Waals surface area contributed by atoms with Crippen molar-refractivity contribution >= 4 is 11.9 Å². The lowest BCUT2D eigenvalue weighted by Gasteiger charge is -2.18. The van der Waals surface area contributed by atoms with Crippen LogP contribution in [0.25, 0.3) is 0 Å². The Morgan fingerprint density at radius 1 is 1.09 bits per heavy atom. The molecule has 1 aromatic rings. The summed E-state index contributed by atoms with van der Waals surface area (Å²) in [7, 11) is 0. The number of carbonyl (C=O) groups excluding carboxylic acids is 1. The van der Waals surface area contributed by atoms with Crippen molar-refractivity contribution in [3.05, 3.63) is 35.6 Å². The fourth-order valence-electron chi connectivity index (χ4n) is 1.72. The van der Waals surface area contributed by atoms with E-state index in [9.17, 15) is 9.18 Å². The molecule has 5 nitrogen and oxygen atoms in total. The summed E-state index contributed by atoms with van der Waals surface area (Å²) in [6, 6.07) is 6.28. The third kappa shape index (κ3) is 7.63. The van der Waals surface area contributed by atoms with E-state index in [1.807, 2.05) is 27.7 Å². The molecule has 23 heavy (non-hydrogen) atoms. The van der Waals surface area contributed by atoms with E-state index in [1.165, 1.54) is 12.1 Å². The summed E-state index contributed by atoms with van der Waals surface area (Å²) in [5.41, 5.74) is 0.547. The minimum absolute atomic E-state index is 0.0209. The zero-order valence-corrected chi connectivity index (χ0v) is 14.4. The summed E-state index contributed by atoms with van der Waals surface area (Å²) in [6.45, 7) is 9.93. The maximum atomic E-state index is 12.9. The first kappa shape index (κ1) is 18.9. The van der Waals surface area contributed by atoms with Crippen LogP contribution in [0.4, 0.5) is 4.39 Å². The van der Waals surface area contributed by atoms with Crippen LogP contribution in [0.3, 0.4) is 0 Å². The Hall–Kier alpha value is -2.11. The summed E-state index contributed by atoms with van der Waals surface area (Å²) >= 11 is 0. The Morgan fingerprint density at radius 3 is 2.26 bits per heavy atom. The number of hydrogen-bond acceptors (Lipinski definition) is 2. The maximum absolute atomic E-state index is 12.9. The van der Waals surface area contributed by atoms with Crippen LogP contribution in [0.2, 0.25) is 0 Å². The number of carbonyl (C=O) groups is 1. The van der Waals surface area contributed by atoms with Crippen molar-refractivity contribution in [1.29, 1.82) is 0 Å². The lowest BCUT2D eigenvalue weighted by Crippen LogP contribution is -2.43. The predicted molar refractivity (Wildman–Crippen MR) is 91.7 cm³/mol. The zero-order chi connectivity index (χ0) is 17.3. The third-order valence-electron chi connectivity index (χ3n) is 3.06. The largest absolute Gasteiger partial charge is 0.357 e. The molecule has 1 aromatic carbocycles. The van der Waals surface area contributed by atoms with Gasteiger partial charge in [0.15, 0.2) is 5.96 Å². The van der Waals surface area contributed by atoms with E-state index >= 15 is 0 Å².